The number of carboxylic acid groups (broad SMARTS) is 1. The Morgan fingerprint density at radius 2 is 2.06 bits per heavy atom. The molecule has 0 aliphatic heterocycles. The van der Waals surface area contributed by atoms with E-state index in [2.05, 4.69) is 0 Å². The molecule has 1 aromatic rings. The van der Waals surface area contributed by atoms with Gasteiger partial charge >= 0.3 is 0 Å². The monoisotopic (exact) mass is 276 g/mol. The van der Waals surface area contributed by atoms with Crippen molar-refractivity contribution >= 4 is 33.3 Å². The van der Waals surface area contributed by atoms with Crippen molar-refractivity contribution < 1.29 is 18.3 Å². The fourth-order valence-electron chi connectivity index (χ4n) is 1.40. The Morgan fingerprint density at radius 3 is 2.47 bits per heavy atom. The smallest absolute Gasteiger partial charge is 0.232 e. The van der Waals surface area contributed by atoms with Crippen molar-refractivity contribution in [2.45, 2.75) is 6.92 Å². The molecule has 0 aromatic heterocycles. The normalized spacial score (nSPS) is 11.2. The van der Waals surface area contributed by atoms with E-state index in [9.17, 15) is 18.3 Å². The number of sulfonamides is 1. The van der Waals surface area contributed by atoms with Gasteiger partial charge in [0.05, 0.1) is 24.5 Å². The van der Waals surface area contributed by atoms with Crippen LogP contribution < -0.4 is 9.41 Å². The zero-order chi connectivity index (χ0) is 13.2. The average Bonchev–Trinajstić information content (AvgIpc) is 2.13. The van der Waals surface area contributed by atoms with Crippen LogP contribution in [-0.2, 0) is 14.8 Å². The van der Waals surface area contributed by atoms with E-state index in [4.69, 9.17) is 11.6 Å². The molecule has 0 amide bonds. The van der Waals surface area contributed by atoms with Gasteiger partial charge in [0.1, 0.15) is 0 Å². The summed E-state index contributed by atoms with van der Waals surface area (Å²) in [6.07, 6.45) is 0.935. The van der Waals surface area contributed by atoms with Gasteiger partial charge in [-0.25, -0.2) is 8.42 Å². The maximum atomic E-state index is 11.5. The van der Waals surface area contributed by atoms with E-state index < -0.39 is 22.5 Å². The van der Waals surface area contributed by atoms with Crippen LogP contribution >= 0.6 is 11.6 Å². The molecule has 7 heteroatoms. The van der Waals surface area contributed by atoms with Gasteiger partial charge in [0.15, 0.2) is 0 Å². The second-order valence-corrected chi connectivity index (χ2v) is 5.92. The first-order chi connectivity index (χ1) is 7.71. The number of aryl methyl sites for hydroxylation is 1. The summed E-state index contributed by atoms with van der Waals surface area (Å²) in [5.74, 6) is -1.47. The molecular formula is C10H11ClNO4S-. The maximum Gasteiger partial charge on any atom is 0.232 e. The summed E-state index contributed by atoms with van der Waals surface area (Å²) in [5, 5.41) is 11.0. The van der Waals surface area contributed by atoms with Gasteiger partial charge in [-0.05, 0) is 30.7 Å². The number of anilines is 1. The van der Waals surface area contributed by atoms with Gasteiger partial charge in [-0.1, -0.05) is 11.6 Å². The molecule has 0 bridgehead atoms. The first kappa shape index (κ1) is 13.8. The van der Waals surface area contributed by atoms with Crippen LogP contribution in [0.25, 0.3) is 0 Å². The van der Waals surface area contributed by atoms with Crippen LogP contribution in [0.5, 0.6) is 0 Å². The minimum Gasteiger partial charge on any atom is -0.548 e. The summed E-state index contributed by atoms with van der Waals surface area (Å²) >= 11 is 5.74. The summed E-state index contributed by atoms with van der Waals surface area (Å²) in [5.41, 5.74) is 0.852. The predicted molar refractivity (Wildman–Crippen MR) is 63.4 cm³/mol. The molecule has 5 nitrogen and oxygen atoms in total. The van der Waals surface area contributed by atoms with Gasteiger partial charge in [-0.15, -0.1) is 0 Å². The van der Waals surface area contributed by atoms with E-state index in [1.165, 1.54) is 12.1 Å². The van der Waals surface area contributed by atoms with Gasteiger partial charge in [0.2, 0.25) is 10.0 Å². The number of benzene rings is 1. The van der Waals surface area contributed by atoms with Gasteiger partial charge in [0.25, 0.3) is 0 Å². The van der Waals surface area contributed by atoms with Crippen LogP contribution in [0.3, 0.4) is 0 Å². The highest BCUT2D eigenvalue weighted by atomic mass is 35.5. The van der Waals surface area contributed by atoms with E-state index >= 15 is 0 Å². The Balaban J connectivity index is 3.27. The molecule has 0 saturated heterocycles. The number of halogens is 1. The lowest BCUT2D eigenvalue weighted by atomic mass is 10.2. The van der Waals surface area contributed by atoms with Crippen molar-refractivity contribution in [1.29, 1.82) is 0 Å². The molecule has 0 atom stereocenters. The van der Waals surface area contributed by atoms with Gasteiger partial charge < -0.3 is 9.90 Å². The molecule has 0 aliphatic rings. The average molecular weight is 277 g/mol. The van der Waals surface area contributed by atoms with Gasteiger partial charge in [0, 0.05) is 5.02 Å². The first-order valence-corrected chi connectivity index (χ1v) is 6.88. The number of rotatable bonds is 4. The highest BCUT2D eigenvalue weighted by Gasteiger charge is 2.19. The van der Waals surface area contributed by atoms with Crippen molar-refractivity contribution in [3.8, 4) is 0 Å². The number of aliphatic carboxylic acids is 1. The lowest BCUT2D eigenvalue weighted by molar-refractivity contribution is -0.303. The first-order valence-electron chi connectivity index (χ1n) is 4.65. The molecule has 0 radical (unpaired) electrons. The topological polar surface area (TPSA) is 77.5 Å². The highest BCUT2D eigenvalue weighted by Crippen LogP contribution is 2.25. The Bertz CT molecular complexity index is 541. The second-order valence-electron chi connectivity index (χ2n) is 3.57. The molecule has 0 aliphatic carbocycles. The molecule has 1 rings (SSSR count). The van der Waals surface area contributed by atoms with E-state index in [-0.39, 0.29) is 5.69 Å². The number of hydrogen-bond acceptors (Lipinski definition) is 4. The fourth-order valence-corrected chi connectivity index (χ4v) is 2.53. The molecule has 0 spiro atoms. The van der Waals surface area contributed by atoms with Crippen molar-refractivity contribution in [2.24, 2.45) is 0 Å². The zero-order valence-corrected chi connectivity index (χ0v) is 10.9. The summed E-state index contributed by atoms with van der Waals surface area (Å²) in [6.45, 7) is 0.927. The van der Waals surface area contributed by atoms with Crippen LogP contribution in [0.4, 0.5) is 5.69 Å². The van der Waals surface area contributed by atoms with Crippen LogP contribution in [0, 0.1) is 6.92 Å². The minimum absolute atomic E-state index is 0.279. The third kappa shape index (κ3) is 3.61. The van der Waals surface area contributed by atoms with E-state index in [0.717, 1.165) is 10.6 Å². The molecule has 0 saturated carbocycles. The summed E-state index contributed by atoms with van der Waals surface area (Å²) in [7, 11) is -3.68. The summed E-state index contributed by atoms with van der Waals surface area (Å²) in [6, 6.07) is 4.52. The third-order valence-corrected chi connectivity index (χ3v) is 3.46. The Kier molecular flexibility index (Phi) is 4.00. The highest BCUT2D eigenvalue weighted by molar-refractivity contribution is 7.92. The standard InChI is InChI=1S/C10H12ClNO4S/c1-7-5-8(11)3-4-9(7)12(6-10(13)14)17(2,15)16/h3-5H,6H2,1-2H3,(H,13,14)/p-1. The molecule has 94 valence electrons. The largest absolute Gasteiger partial charge is 0.548 e. The quantitative estimate of drug-likeness (QED) is 0.785. The van der Waals surface area contributed by atoms with Crippen LogP contribution in [0.2, 0.25) is 5.02 Å². The fraction of sp³-hybridized carbons (Fsp3) is 0.300. The lowest BCUT2D eigenvalue weighted by Crippen LogP contribution is -2.41. The molecule has 0 unspecified atom stereocenters. The molecule has 1 aromatic carbocycles. The number of hydrogen-bond donors (Lipinski definition) is 0. The van der Waals surface area contributed by atoms with E-state index in [1.807, 2.05) is 0 Å². The Hall–Kier alpha value is -1.27. The van der Waals surface area contributed by atoms with Crippen molar-refractivity contribution in [1.82, 2.24) is 0 Å². The number of nitrogens with zero attached hydrogens (tertiary/aromatic N) is 1. The van der Waals surface area contributed by atoms with Crippen LogP contribution in [-0.4, -0.2) is 27.2 Å². The van der Waals surface area contributed by atoms with Crippen molar-refractivity contribution in [2.75, 3.05) is 17.1 Å². The molecule has 17 heavy (non-hydrogen) atoms. The summed E-state index contributed by atoms with van der Waals surface area (Å²) < 4.78 is 23.8. The Labute approximate surface area is 105 Å². The molecule has 0 fully saturated rings. The lowest BCUT2D eigenvalue weighted by Gasteiger charge is -2.24. The molecule has 0 N–H and O–H groups in total. The van der Waals surface area contributed by atoms with Crippen molar-refractivity contribution in [3.05, 3.63) is 28.8 Å². The van der Waals surface area contributed by atoms with Crippen molar-refractivity contribution in [3.63, 3.8) is 0 Å². The van der Waals surface area contributed by atoms with E-state index in [0.29, 0.717) is 10.6 Å². The molecular weight excluding hydrogens is 266 g/mol. The molecule has 0 heterocycles. The number of carbonyl (C=O) groups is 1. The Morgan fingerprint density at radius 1 is 1.47 bits per heavy atom. The van der Waals surface area contributed by atoms with Crippen LogP contribution in [0.1, 0.15) is 5.56 Å². The van der Waals surface area contributed by atoms with Gasteiger partial charge in [-0.3, -0.25) is 4.31 Å². The number of carbonyl (C=O) groups excluding carboxylic acids is 1. The van der Waals surface area contributed by atoms with E-state index in [1.54, 1.807) is 13.0 Å². The maximum absolute atomic E-state index is 11.5. The van der Waals surface area contributed by atoms with Gasteiger partial charge in [-0.2, -0.15) is 0 Å². The minimum atomic E-state index is -3.68. The SMILES string of the molecule is Cc1cc(Cl)ccc1N(CC(=O)[O-])S(C)(=O)=O. The summed E-state index contributed by atoms with van der Waals surface area (Å²) in [4.78, 5) is 10.6. The van der Waals surface area contributed by atoms with Crippen LogP contribution in [0.15, 0.2) is 18.2 Å². The zero-order valence-electron chi connectivity index (χ0n) is 9.31. The second kappa shape index (κ2) is 4.93. The predicted octanol–water partition coefficient (Wildman–Crippen LogP) is 0.164. The number of carboxylic acids is 1. The third-order valence-electron chi connectivity index (χ3n) is 2.10.